The second-order valence-electron chi connectivity index (χ2n) is 4.88. The van der Waals surface area contributed by atoms with Crippen LogP contribution in [0.25, 0.3) is 0 Å². The average molecular weight is 333 g/mol. The Balaban J connectivity index is 2.19. The van der Waals surface area contributed by atoms with E-state index >= 15 is 0 Å². The highest BCUT2D eigenvalue weighted by atomic mass is 35.5. The first-order chi connectivity index (χ1) is 9.86. The van der Waals surface area contributed by atoms with Gasteiger partial charge in [-0.2, -0.15) is 4.31 Å². The van der Waals surface area contributed by atoms with Gasteiger partial charge in [0.15, 0.2) is 0 Å². The van der Waals surface area contributed by atoms with E-state index in [-0.39, 0.29) is 34.8 Å². The van der Waals surface area contributed by atoms with Crippen molar-refractivity contribution in [3.8, 4) is 5.75 Å². The Morgan fingerprint density at radius 2 is 2.00 bits per heavy atom. The summed E-state index contributed by atoms with van der Waals surface area (Å²) in [6, 6.07) is 4.35. The fraction of sp³-hybridized carbons (Fsp3) is 0.462. The van der Waals surface area contributed by atoms with Gasteiger partial charge in [-0.1, -0.05) is 11.6 Å². The van der Waals surface area contributed by atoms with Gasteiger partial charge >= 0.3 is 0 Å². The number of sulfonamides is 1. The molecule has 0 unspecified atom stereocenters. The molecule has 0 radical (unpaired) electrons. The number of nitrogens with zero attached hydrogens (tertiary/aromatic N) is 1. The lowest BCUT2D eigenvalue weighted by Gasteiger charge is -2.29. The molecule has 2 N–H and O–H groups in total. The number of hydrogen-bond acceptors (Lipinski definition) is 4. The topological polar surface area (TPSA) is 89.7 Å². The zero-order chi connectivity index (χ0) is 15.6. The van der Waals surface area contributed by atoms with Crippen LogP contribution in [0.5, 0.6) is 5.75 Å². The maximum atomic E-state index is 12.5. The van der Waals surface area contributed by atoms with Crippen molar-refractivity contribution in [1.29, 1.82) is 0 Å². The Hall–Kier alpha value is -1.31. The molecular weight excluding hydrogens is 316 g/mol. The molecule has 0 saturated carbocycles. The van der Waals surface area contributed by atoms with Gasteiger partial charge in [0, 0.05) is 19.0 Å². The summed E-state index contributed by atoms with van der Waals surface area (Å²) < 4.78 is 31.4. The fourth-order valence-electron chi connectivity index (χ4n) is 2.34. The van der Waals surface area contributed by atoms with Crippen LogP contribution in [0, 0.1) is 5.92 Å². The summed E-state index contributed by atoms with van der Waals surface area (Å²) in [6.07, 6.45) is 0.886. The maximum absolute atomic E-state index is 12.5. The quantitative estimate of drug-likeness (QED) is 0.898. The number of amides is 1. The van der Waals surface area contributed by atoms with E-state index in [1.165, 1.54) is 29.6 Å². The van der Waals surface area contributed by atoms with Crippen molar-refractivity contribution in [2.24, 2.45) is 11.7 Å². The van der Waals surface area contributed by atoms with Crippen LogP contribution in [0.4, 0.5) is 0 Å². The molecule has 0 atom stereocenters. The van der Waals surface area contributed by atoms with E-state index in [0.717, 1.165) is 0 Å². The van der Waals surface area contributed by atoms with Gasteiger partial charge in [0.25, 0.3) is 0 Å². The SMILES string of the molecule is COc1ccc(S(=O)(=O)N2CCC(C(N)=O)CC2)cc1Cl. The van der Waals surface area contributed by atoms with Gasteiger partial charge in [0.2, 0.25) is 15.9 Å². The number of methoxy groups -OCH3 is 1. The molecule has 6 nitrogen and oxygen atoms in total. The number of rotatable bonds is 4. The maximum Gasteiger partial charge on any atom is 0.243 e. The molecule has 8 heteroatoms. The number of benzene rings is 1. The molecule has 1 fully saturated rings. The molecule has 1 aliphatic rings. The minimum absolute atomic E-state index is 0.117. The van der Waals surface area contributed by atoms with E-state index in [2.05, 4.69) is 0 Å². The van der Waals surface area contributed by atoms with Crippen molar-refractivity contribution in [3.63, 3.8) is 0 Å². The molecule has 1 amide bonds. The summed E-state index contributed by atoms with van der Waals surface area (Å²) in [5.41, 5.74) is 5.25. The van der Waals surface area contributed by atoms with Crippen molar-refractivity contribution in [3.05, 3.63) is 23.2 Å². The third-order valence-corrected chi connectivity index (χ3v) is 5.81. The molecule has 1 aromatic rings. The molecule has 0 bridgehead atoms. The van der Waals surface area contributed by atoms with E-state index in [0.29, 0.717) is 18.6 Å². The van der Waals surface area contributed by atoms with Crippen LogP contribution in [-0.4, -0.2) is 38.8 Å². The number of halogens is 1. The molecule has 1 saturated heterocycles. The van der Waals surface area contributed by atoms with Gasteiger partial charge in [0.1, 0.15) is 5.75 Å². The van der Waals surface area contributed by atoms with Crippen LogP contribution >= 0.6 is 11.6 Å². The molecule has 1 aliphatic heterocycles. The molecular formula is C13H17ClN2O4S. The zero-order valence-corrected chi connectivity index (χ0v) is 13.2. The molecule has 0 spiro atoms. The van der Waals surface area contributed by atoms with Crippen molar-refractivity contribution < 1.29 is 17.9 Å². The zero-order valence-electron chi connectivity index (χ0n) is 11.6. The minimum atomic E-state index is -3.62. The molecule has 0 aliphatic carbocycles. The summed E-state index contributed by atoms with van der Waals surface area (Å²) in [5.74, 6) is -0.210. The monoisotopic (exact) mass is 332 g/mol. The Morgan fingerprint density at radius 1 is 1.38 bits per heavy atom. The Kier molecular flexibility index (Phi) is 4.75. The van der Waals surface area contributed by atoms with Crippen molar-refractivity contribution >= 4 is 27.5 Å². The van der Waals surface area contributed by atoms with Crippen LogP contribution in [0.1, 0.15) is 12.8 Å². The second kappa shape index (κ2) is 6.21. The lowest BCUT2D eigenvalue weighted by atomic mass is 9.98. The summed E-state index contributed by atoms with van der Waals surface area (Å²) in [4.78, 5) is 11.2. The highest BCUT2D eigenvalue weighted by Crippen LogP contribution is 2.30. The number of hydrogen-bond donors (Lipinski definition) is 1. The van der Waals surface area contributed by atoms with Gasteiger partial charge in [-0.05, 0) is 31.0 Å². The summed E-state index contributed by atoms with van der Waals surface area (Å²) in [6.45, 7) is 0.555. The first-order valence-electron chi connectivity index (χ1n) is 6.49. The Labute approximate surface area is 128 Å². The van der Waals surface area contributed by atoms with E-state index < -0.39 is 10.0 Å². The van der Waals surface area contributed by atoms with Gasteiger partial charge in [-0.3, -0.25) is 4.79 Å². The third-order valence-electron chi connectivity index (χ3n) is 3.62. The average Bonchev–Trinajstić information content (AvgIpc) is 2.47. The summed E-state index contributed by atoms with van der Waals surface area (Å²) in [5, 5.41) is 0.241. The molecule has 1 heterocycles. The van der Waals surface area contributed by atoms with E-state index in [1.54, 1.807) is 0 Å². The highest BCUT2D eigenvalue weighted by Gasteiger charge is 2.31. The number of piperidine rings is 1. The van der Waals surface area contributed by atoms with Crippen LogP contribution in [0.3, 0.4) is 0 Å². The van der Waals surface area contributed by atoms with E-state index in [4.69, 9.17) is 22.1 Å². The van der Waals surface area contributed by atoms with Gasteiger partial charge in [-0.25, -0.2) is 8.42 Å². The number of ether oxygens (including phenoxy) is 1. The van der Waals surface area contributed by atoms with E-state index in [9.17, 15) is 13.2 Å². The smallest absolute Gasteiger partial charge is 0.243 e. The summed E-state index contributed by atoms with van der Waals surface area (Å²) >= 11 is 5.97. The highest BCUT2D eigenvalue weighted by molar-refractivity contribution is 7.89. The first-order valence-corrected chi connectivity index (χ1v) is 8.31. The van der Waals surface area contributed by atoms with E-state index in [1.807, 2.05) is 0 Å². The largest absolute Gasteiger partial charge is 0.495 e. The van der Waals surface area contributed by atoms with Crippen molar-refractivity contribution in [2.45, 2.75) is 17.7 Å². The first kappa shape index (κ1) is 16.1. The Morgan fingerprint density at radius 3 is 2.48 bits per heavy atom. The second-order valence-corrected chi connectivity index (χ2v) is 7.22. The predicted molar refractivity (Wildman–Crippen MR) is 78.7 cm³/mol. The summed E-state index contributed by atoms with van der Waals surface area (Å²) in [7, 11) is -2.16. The van der Waals surface area contributed by atoms with Crippen LogP contribution in [0.15, 0.2) is 23.1 Å². The number of nitrogens with two attached hydrogens (primary N) is 1. The minimum Gasteiger partial charge on any atom is -0.495 e. The normalized spacial score (nSPS) is 17.6. The lowest BCUT2D eigenvalue weighted by Crippen LogP contribution is -2.41. The van der Waals surface area contributed by atoms with Gasteiger partial charge < -0.3 is 10.5 Å². The van der Waals surface area contributed by atoms with Gasteiger partial charge in [-0.15, -0.1) is 0 Å². The standard InChI is InChI=1S/C13H17ClN2O4S/c1-20-12-3-2-10(8-11(12)14)21(18,19)16-6-4-9(5-7-16)13(15)17/h2-3,8-9H,4-7H2,1H3,(H2,15,17). The van der Waals surface area contributed by atoms with Crippen molar-refractivity contribution in [2.75, 3.05) is 20.2 Å². The molecule has 116 valence electrons. The molecule has 0 aromatic heterocycles. The molecule has 21 heavy (non-hydrogen) atoms. The Bertz CT molecular complexity index is 640. The van der Waals surface area contributed by atoms with Crippen LogP contribution in [0.2, 0.25) is 5.02 Å². The number of carbonyl (C=O) groups is 1. The fourth-order valence-corrected chi connectivity index (χ4v) is 4.16. The van der Waals surface area contributed by atoms with Crippen molar-refractivity contribution in [1.82, 2.24) is 4.31 Å². The number of carbonyl (C=O) groups excluding carboxylic acids is 1. The number of primary amides is 1. The molecule has 1 aromatic carbocycles. The van der Waals surface area contributed by atoms with Crippen LogP contribution < -0.4 is 10.5 Å². The molecule has 2 rings (SSSR count). The third kappa shape index (κ3) is 3.30. The lowest BCUT2D eigenvalue weighted by molar-refractivity contribution is -0.122. The van der Waals surface area contributed by atoms with Gasteiger partial charge in [0.05, 0.1) is 17.0 Å². The predicted octanol–water partition coefficient (Wildman–Crippen LogP) is 1.23. The van der Waals surface area contributed by atoms with Crippen LogP contribution in [-0.2, 0) is 14.8 Å².